The minimum Gasteiger partial charge on any atom is -0.481 e. The molecule has 0 aliphatic rings. The standard InChI is InChI=1S/C10H16N2O2/c1-10(2,3)7-6-8(13-4)12-9(11-7)14-5/h6H,1-5H3. The van der Waals surface area contributed by atoms with Crippen LogP contribution in [-0.4, -0.2) is 24.2 Å². The summed E-state index contributed by atoms with van der Waals surface area (Å²) in [7, 11) is 3.12. The molecule has 0 saturated heterocycles. The molecular formula is C10H16N2O2. The highest BCUT2D eigenvalue weighted by Gasteiger charge is 2.18. The van der Waals surface area contributed by atoms with Gasteiger partial charge in [0, 0.05) is 11.5 Å². The van der Waals surface area contributed by atoms with Crippen LogP contribution in [0.4, 0.5) is 0 Å². The minimum absolute atomic E-state index is 0.0382. The highest BCUT2D eigenvalue weighted by atomic mass is 16.5. The minimum atomic E-state index is -0.0382. The zero-order valence-electron chi connectivity index (χ0n) is 9.29. The third kappa shape index (κ3) is 2.34. The van der Waals surface area contributed by atoms with Gasteiger partial charge < -0.3 is 9.47 Å². The van der Waals surface area contributed by atoms with E-state index in [0.717, 1.165) is 5.69 Å². The van der Waals surface area contributed by atoms with Crippen molar-refractivity contribution < 1.29 is 9.47 Å². The smallest absolute Gasteiger partial charge is 0.319 e. The Hall–Kier alpha value is -1.32. The SMILES string of the molecule is COc1cc(C(C)(C)C)nc(OC)n1. The van der Waals surface area contributed by atoms with Gasteiger partial charge in [0.25, 0.3) is 0 Å². The van der Waals surface area contributed by atoms with Gasteiger partial charge in [0.15, 0.2) is 0 Å². The number of nitrogens with zero attached hydrogens (tertiary/aromatic N) is 2. The maximum atomic E-state index is 5.06. The van der Waals surface area contributed by atoms with Crippen LogP contribution in [0.15, 0.2) is 6.07 Å². The van der Waals surface area contributed by atoms with Crippen LogP contribution < -0.4 is 9.47 Å². The van der Waals surface area contributed by atoms with Gasteiger partial charge in [0.1, 0.15) is 0 Å². The van der Waals surface area contributed by atoms with E-state index in [1.165, 1.54) is 0 Å². The first-order chi connectivity index (χ1) is 6.47. The molecule has 0 unspecified atom stereocenters. The second-order valence-corrected chi connectivity index (χ2v) is 4.03. The van der Waals surface area contributed by atoms with Gasteiger partial charge in [-0.05, 0) is 0 Å². The van der Waals surface area contributed by atoms with Crippen LogP contribution >= 0.6 is 0 Å². The number of hydrogen-bond acceptors (Lipinski definition) is 4. The Morgan fingerprint density at radius 3 is 2.14 bits per heavy atom. The van der Waals surface area contributed by atoms with E-state index in [4.69, 9.17) is 9.47 Å². The molecule has 0 fully saturated rings. The number of rotatable bonds is 2. The lowest BCUT2D eigenvalue weighted by Crippen LogP contribution is -2.14. The molecule has 0 N–H and O–H groups in total. The monoisotopic (exact) mass is 196 g/mol. The van der Waals surface area contributed by atoms with E-state index >= 15 is 0 Å². The number of hydrogen-bond donors (Lipinski definition) is 0. The van der Waals surface area contributed by atoms with Gasteiger partial charge in [0.05, 0.1) is 19.9 Å². The van der Waals surface area contributed by atoms with Crippen molar-refractivity contribution in [3.8, 4) is 11.9 Å². The third-order valence-electron chi connectivity index (χ3n) is 1.84. The molecular weight excluding hydrogens is 180 g/mol. The van der Waals surface area contributed by atoms with E-state index in [1.54, 1.807) is 14.2 Å². The van der Waals surface area contributed by atoms with Crippen molar-refractivity contribution in [1.29, 1.82) is 0 Å². The summed E-state index contributed by atoms with van der Waals surface area (Å²) in [5.41, 5.74) is 0.866. The first kappa shape index (κ1) is 10.8. The van der Waals surface area contributed by atoms with Crippen LogP contribution in [0.5, 0.6) is 11.9 Å². The van der Waals surface area contributed by atoms with E-state index in [0.29, 0.717) is 11.9 Å². The van der Waals surface area contributed by atoms with Gasteiger partial charge in [-0.1, -0.05) is 20.8 Å². The van der Waals surface area contributed by atoms with Crippen LogP contribution in [0.2, 0.25) is 0 Å². The molecule has 4 nitrogen and oxygen atoms in total. The van der Waals surface area contributed by atoms with Crippen molar-refractivity contribution in [3.63, 3.8) is 0 Å². The molecule has 1 aromatic rings. The lowest BCUT2D eigenvalue weighted by atomic mass is 9.92. The van der Waals surface area contributed by atoms with E-state index in [-0.39, 0.29) is 5.41 Å². The molecule has 0 aliphatic heterocycles. The highest BCUT2D eigenvalue weighted by molar-refractivity contribution is 5.23. The fraction of sp³-hybridized carbons (Fsp3) is 0.600. The van der Waals surface area contributed by atoms with Crippen LogP contribution in [0.25, 0.3) is 0 Å². The molecule has 0 aliphatic carbocycles. The lowest BCUT2D eigenvalue weighted by molar-refractivity contribution is 0.345. The Balaban J connectivity index is 3.17. The maximum Gasteiger partial charge on any atom is 0.319 e. The summed E-state index contributed by atoms with van der Waals surface area (Å²) in [5.74, 6) is 0.529. The summed E-state index contributed by atoms with van der Waals surface area (Å²) >= 11 is 0. The zero-order chi connectivity index (χ0) is 10.8. The Kier molecular flexibility index (Phi) is 2.93. The molecule has 0 atom stereocenters. The average molecular weight is 196 g/mol. The topological polar surface area (TPSA) is 44.2 Å². The van der Waals surface area contributed by atoms with Crippen molar-refractivity contribution >= 4 is 0 Å². The molecule has 1 aromatic heterocycles. The van der Waals surface area contributed by atoms with E-state index < -0.39 is 0 Å². The lowest BCUT2D eigenvalue weighted by Gasteiger charge is -2.18. The van der Waals surface area contributed by atoms with Gasteiger partial charge in [-0.15, -0.1) is 0 Å². The zero-order valence-corrected chi connectivity index (χ0v) is 9.29. The summed E-state index contributed by atoms with van der Waals surface area (Å²) < 4.78 is 10.1. The summed E-state index contributed by atoms with van der Waals surface area (Å²) in [4.78, 5) is 8.29. The Bertz CT molecular complexity index is 296. The molecule has 14 heavy (non-hydrogen) atoms. The van der Waals surface area contributed by atoms with E-state index in [9.17, 15) is 0 Å². The fourth-order valence-electron chi connectivity index (χ4n) is 0.984. The van der Waals surface area contributed by atoms with Crippen molar-refractivity contribution in [3.05, 3.63) is 11.8 Å². The molecule has 0 spiro atoms. The molecule has 1 rings (SSSR count). The van der Waals surface area contributed by atoms with Gasteiger partial charge in [-0.3, -0.25) is 0 Å². The quantitative estimate of drug-likeness (QED) is 0.723. The first-order valence-electron chi connectivity index (χ1n) is 4.45. The van der Waals surface area contributed by atoms with Crippen molar-refractivity contribution in [2.45, 2.75) is 26.2 Å². The summed E-state index contributed by atoms with van der Waals surface area (Å²) in [6.07, 6.45) is 0. The molecule has 0 aromatic carbocycles. The Morgan fingerprint density at radius 2 is 1.71 bits per heavy atom. The van der Waals surface area contributed by atoms with Crippen LogP contribution in [0, 0.1) is 0 Å². The molecule has 4 heteroatoms. The van der Waals surface area contributed by atoms with Gasteiger partial charge in [-0.25, -0.2) is 0 Å². The van der Waals surface area contributed by atoms with E-state index in [2.05, 4.69) is 30.7 Å². The van der Waals surface area contributed by atoms with Crippen molar-refractivity contribution in [2.24, 2.45) is 0 Å². The van der Waals surface area contributed by atoms with Gasteiger partial charge in [-0.2, -0.15) is 9.97 Å². The normalized spacial score (nSPS) is 11.2. The fourth-order valence-corrected chi connectivity index (χ4v) is 0.984. The maximum absolute atomic E-state index is 5.06. The number of aromatic nitrogens is 2. The second kappa shape index (κ2) is 3.82. The van der Waals surface area contributed by atoms with Crippen molar-refractivity contribution in [1.82, 2.24) is 9.97 Å². The Morgan fingerprint density at radius 1 is 1.07 bits per heavy atom. The predicted octanol–water partition coefficient (Wildman–Crippen LogP) is 1.79. The van der Waals surface area contributed by atoms with Crippen LogP contribution in [0.3, 0.4) is 0 Å². The average Bonchev–Trinajstić information content (AvgIpc) is 2.15. The first-order valence-corrected chi connectivity index (χ1v) is 4.45. The number of methoxy groups -OCH3 is 2. The number of ether oxygens (including phenoxy) is 2. The van der Waals surface area contributed by atoms with Gasteiger partial charge >= 0.3 is 6.01 Å². The van der Waals surface area contributed by atoms with Crippen LogP contribution in [0.1, 0.15) is 26.5 Å². The summed E-state index contributed by atoms with van der Waals surface area (Å²) in [6.45, 7) is 6.23. The van der Waals surface area contributed by atoms with Crippen molar-refractivity contribution in [2.75, 3.05) is 14.2 Å². The largest absolute Gasteiger partial charge is 0.481 e. The Labute approximate surface area is 84.3 Å². The second-order valence-electron chi connectivity index (χ2n) is 4.03. The molecule has 78 valence electrons. The molecule has 0 amide bonds. The molecule has 0 bridgehead atoms. The summed E-state index contributed by atoms with van der Waals surface area (Å²) in [5, 5.41) is 0. The molecule has 0 radical (unpaired) electrons. The van der Waals surface area contributed by atoms with Gasteiger partial charge in [0.2, 0.25) is 5.88 Å². The molecule has 0 saturated carbocycles. The van der Waals surface area contributed by atoms with E-state index in [1.807, 2.05) is 6.07 Å². The summed E-state index contributed by atoms with van der Waals surface area (Å²) in [6, 6.07) is 2.16. The third-order valence-corrected chi connectivity index (χ3v) is 1.84. The predicted molar refractivity (Wildman–Crippen MR) is 53.8 cm³/mol. The van der Waals surface area contributed by atoms with Crippen LogP contribution in [-0.2, 0) is 5.41 Å². The highest BCUT2D eigenvalue weighted by Crippen LogP contribution is 2.24. The molecule has 1 heterocycles.